The lowest BCUT2D eigenvalue weighted by Crippen LogP contribution is -2.36. The van der Waals surface area contributed by atoms with Gasteiger partial charge in [-0.3, -0.25) is 14.7 Å². The number of nitrogens with one attached hydrogen (secondary N) is 2. The first-order valence-corrected chi connectivity index (χ1v) is 10.0. The standard InChI is InChI=1S/C18H14ClN7O2S/c19-16-11-9-21-23-12(11)3-4-13(16)22-18-25-24-17(29-18)10-5-6-20-14(8-10)26-15(27)2-1-7-28-26/h3-6,8-9H,1-2,7H2,(H,21,23)(H,22,25). The third-order valence-corrected chi connectivity index (χ3v) is 5.70. The van der Waals surface area contributed by atoms with Crippen LogP contribution < -0.4 is 10.4 Å². The molecule has 0 saturated carbocycles. The number of aromatic amines is 1. The highest BCUT2D eigenvalue weighted by molar-refractivity contribution is 7.18. The van der Waals surface area contributed by atoms with Gasteiger partial charge in [-0.1, -0.05) is 22.9 Å². The van der Waals surface area contributed by atoms with Gasteiger partial charge in [0.25, 0.3) is 5.91 Å². The van der Waals surface area contributed by atoms with Gasteiger partial charge in [-0.15, -0.1) is 10.2 Å². The van der Waals surface area contributed by atoms with Crippen molar-refractivity contribution >= 4 is 56.4 Å². The topological polar surface area (TPSA) is 109 Å². The number of rotatable bonds is 4. The van der Waals surface area contributed by atoms with Gasteiger partial charge in [0.05, 0.1) is 29.0 Å². The molecule has 5 rings (SSSR count). The van der Waals surface area contributed by atoms with Gasteiger partial charge in [-0.05, 0) is 30.7 Å². The van der Waals surface area contributed by atoms with E-state index < -0.39 is 0 Å². The van der Waals surface area contributed by atoms with Crippen molar-refractivity contribution in [1.29, 1.82) is 0 Å². The van der Waals surface area contributed by atoms with Gasteiger partial charge >= 0.3 is 0 Å². The second kappa shape index (κ2) is 7.39. The number of nitrogens with zero attached hydrogens (tertiary/aromatic N) is 5. The normalized spacial score (nSPS) is 14.5. The van der Waals surface area contributed by atoms with E-state index >= 15 is 0 Å². The average Bonchev–Trinajstić information content (AvgIpc) is 3.41. The van der Waals surface area contributed by atoms with Gasteiger partial charge in [0, 0.05) is 23.6 Å². The molecule has 0 atom stereocenters. The van der Waals surface area contributed by atoms with Crippen LogP contribution in [-0.2, 0) is 9.63 Å². The van der Waals surface area contributed by atoms with Crippen molar-refractivity contribution in [3.05, 3.63) is 41.7 Å². The predicted octanol–water partition coefficient (Wildman–Crippen LogP) is 3.93. The minimum absolute atomic E-state index is 0.107. The quantitative estimate of drug-likeness (QED) is 0.507. The Hall–Kier alpha value is -3.08. The number of carbonyl (C=O) groups is 1. The number of benzene rings is 1. The molecule has 1 aliphatic heterocycles. The van der Waals surface area contributed by atoms with Crippen LogP contribution in [0.4, 0.5) is 16.6 Å². The maximum absolute atomic E-state index is 12.1. The van der Waals surface area contributed by atoms with Crippen LogP contribution in [0.1, 0.15) is 12.8 Å². The van der Waals surface area contributed by atoms with Crippen molar-refractivity contribution in [2.45, 2.75) is 12.8 Å². The van der Waals surface area contributed by atoms with Crippen molar-refractivity contribution in [2.24, 2.45) is 0 Å². The Kier molecular flexibility index (Phi) is 4.58. The van der Waals surface area contributed by atoms with Crippen molar-refractivity contribution in [2.75, 3.05) is 17.0 Å². The molecule has 0 unspecified atom stereocenters. The van der Waals surface area contributed by atoms with Crippen molar-refractivity contribution in [3.63, 3.8) is 0 Å². The SMILES string of the molecule is O=C1CCCON1c1cc(-c2nnc(Nc3ccc4[nH]ncc4c3Cl)s2)ccn1. The van der Waals surface area contributed by atoms with E-state index in [1.54, 1.807) is 18.5 Å². The maximum atomic E-state index is 12.1. The third-order valence-electron chi connectivity index (χ3n) is 4.41. The Morgan fingerprint density at radius 2 is 2.21 bits per heavy atom. The summed E-state index contributed by atoms with van der Waals surface area (Å²) in [7, 11) is 0. The Balaban J connectivity index is 1.40. The highest BCUT2D eigenvalue weighted by Gasteiger charge is 2.23. The number of hydrogen-bond acceptors (Lipinski definition) is 8. The summed E-state index contributed by atoms with van der Waals surface area (Å²) in [5, 5.41) is 22.4. The smallest absolute Gasteiger partial charge is 0.252 e. The molecule has 0 spiro atoms. The molecule has 0 aliphatic carbocycles. The molecule has 4 heterocycles. The summed E-state index contributed by atoms with van der Waals surface area (Å²) < 4.78 is 0. The highest BCUT2D eigenvalue weighted by Crippen LogP contribution is 2.35. The summed E-state index contributed by atoms with van der Waals surface area (Å²) in [5.41, 5.74) is 2.36. The van der Waals surface area contributed by atoms with Crippen LogP contribution in [0, 0.1) is 0 Å². The van der Waals surface area contributed by atoms with E-state index in [1.165, 1.54) is 16.4 Å². The predicted molar refractivity (Wildman–Crippen MR) is 110 cm³/mol. The Morgan fingerprint density at radius 1 is 1.28 bits per heavy atom. The van der Waals surface area contributed by atoms with E-state index in [2.05, 4.69) is 30.7 Å². The first-order chi connectivity index (χ1) is 14.2. The number of aromatic nitrogens is 5. The number of halogens is 1. The van der Waals surface area contributed by atoms with Crippen LogP contribution in [0.2, 0.25) is 5.02 Å². The number of hydroxylamine groups is 1. The number of pyridine rings is 1. The summed E-state index contributed by atoms with van der Waals surface area (Å²) in [5.74, 6) is 0.329. The van der Waals surface area contributed by atoms with Crippen molar-refractivity contribution in [3.8, 4) is 10.6 Å². The van der Waals surface area contributed by atoms with E-state index in [0.29, 0.717) is 46.1 Å². The highest BCUT2D eigenvalue weighted by atomic mass is 35.5. The fourth-order valence-corrected chi connectivity index (χ4v) is 4.01. The Bertz CT molecular complexity index is 1210. The van der Waals surface area contributed by atoms with Crippen LogP contribution in [0.3, 0.4) is 0 Å². The lowest BCUT2D eigenvalue weighted by atomic mass is 10.2. The lowest BCUT2D eigenvalue weighted by molar-refractivity contribution is -0.130. The van der Waals surface area contributed by atoms with E-state index in [0.717, 1.165) is 16.5 Å². The molecule has 1 aliphatic rings. The molecule has 1 fully saturated rings. The van der Waals surface area contributed by atoms with Gasteiger partial charge in [0.15, 0.2) is 5.82 Å². The average molecular weight is 428 g/mol. The van der Waals surface area contributed by atoms with E-state index in [9.17, 15) is 4.79 Å². The van der Waals surface area contributed by atoms with Gasteiger partial charge < -0.3 is 5.32 Å². The zero-order chi connectivity index (χ0) is 19.8. The largest absolute Gasteiger partial charge is 0.329 e. The zero-order valence-electron chi connectivity index (χ0n) is 14.9. The molecular formula is C18H14ClN7O2S. The number of carbonyl (C=O) groups excluding carboxylic acids is 1. The molecule has 0 bridgehead atoms. The molecule has 29 heavy (non-hydrogen) atoms. The van der Waals surface area contributed by atoms with Crippen LogP contribution in [0.15, 0.2) is 36.7 Å². The summed E-state index contributed by atoms with van der Waals surface area (Å²) in [6.07, 6.45) is 4.46. The molecule has 3 aromatic heterocycles. The zero-order valence-corrected chi connectivity index (χ0v) is 16.5. The molecule has 146 valence electrons. The molecular weight excluding hydrogens is 414 g/mol. The van der Waals surface area contributed by atoms with Crippen LogP contribution in [0.25, 0.3) is 21.5 Å². The summed E-state index contributed by atoms with van der Waals surface area (Å²) in [4.78, 5) is 21.8. The number of H-pyrrole nitrogens is 1. The lowest BCUT2D eigenvalue weighted by Gasteiger charge is -2.24. The summed E-state index contributed by atoms with van der Waals surface area (Å²) in [6.45, 7) is 0.492. The maximum Gasteiger partial charge on any atom is 0.252 e. The van der Waals surface area contributed by atoms with Crippen LogP contribution in [-0.4, -0.2) is 37.9 Å². The van der Waals surface area contributed by atoms with E-state index in [1.807, 2.05) is 18.2 Å². The molecule has 2 N–H and O–H groups in total. The number of anilines is 3. The van der Waals surface area contributed by atoms with Crippen LogP contribution in [0.5, 0.6) is 0 Å². The minimum atomic E-state index is -0.107. The minimum Gasteiger partial charge on any atom is -0.329 e. The Labute approximate surface area is 173 Å². The molecule has 11 heteroatoms. The van der Waals surface area contributed by atoms with E-state index in [4.69, 9.17) is 16.4 Å². The molecule has 1 saturated heterocycles. The molecule has 1 amide bonds. The Morgan fingerprint density at radius 3 is 3.10 bits per heavy atom. The van der Waals surface area contributed by atoms with Crippen LogP contribution >= 0.6 is 22.9 Å². The van der Waals surface area contributed by atoms with Crippen molar-refractivity contribution in [1.82, 2.24) is 25.4 Å². The first kappa shape index (κ1) is 18.0. The summed E-state index contributed by atoms with van der Waals surface area (Å²) >= 11 is 7.82. The van der Waals surface area contributed by atoms with Gasteiger partial charge in [0.2, 0.25) is 5.13 Å². The second-order valence-electron chi connectivity index (χ2n) is 6.32. The van der Waals surface area contributed by atoms with E-state index in [-0.39, 0.29) is 5.91 Å². The second-order valence-corrected chi connectivity index (χ2v) is 7.68. The molecule has 4 aromatic rings. The summed E-state index contributed by atoms with van der Waals surface area (Å²) in [6, 6.07) is 7.32. The first-order valence-electron chi connectivity index (χ1n) is 8.83. The van der Waals surface area contributed by atoms with Gasteiger partial charge in [-0.25, -0.2) is 4.98 Å². The fourth-order valence-electron chi connectivity index (χ4n) is 2.99. The monoisotopic (exact) mass is 427 g/mol. The molecule has 1 aromatic carbocycles. The number of fused-ring (bicyclic) bond motifs is 1. The van der Waals surface area contributed by atoms with Crippen molar-refractivity contribution < 1.29 is 9.63 Å². The molecule has 9 nitrogen and oxygen atoms in total. The molecule has 0 radical (unpaired) electrons. The number of hydrogen-bond donors (Lipinski definition) is 2. The third kappa shape index (κ3) is 3.41. The van der Waals surface area contributed by atoms with Gasteiger partial charge in [-0.2, -0.15) is 10.2 Å². The fraction of sp³-hybridized carbons (Fsp3) is 0.167. The van der Waals surface area contributed by atoms with Gasteiger partial charge in [0.1, 0.15) is 5.01 Å². The number of amides is 1.